The molecule has 2 atom stereocenters. The maximum Gasteiger partial charge on any atom is 0.260 e. The Morgan fingerprint density at radius 1 is 1.58 bits per heavy atom. The van der Waals surface area contributed by atoms with Gasteiger partial charge >= 0.3 is 0 Å². The summed E-state index contributed by atoms with van der Waals surface area (Å²) in [4.78, 5) is 6.87. The number of aromatic nitrogens is 2. The lowest BCUT2D eigenvalue weighted by Crippen LogP contribution is -2.51. The van der Waals surface area contributed by atoms with Gasteiger partial charge in [0, 0.05) is 26.1 Å². The van der Waals surface area contributed by atoms with Crippen molar-refractivity contribution in [2.45, 2.75) is 37.5 Å². The molecule has 0 bridgehead atoms. The minimum Gasteiger partial charge on any atom is -0.371 e. The summed E-state index contributed by atoms with van der Waals surface area (Å²) >= 11 is 0. The molecule has 1 aliphatic rings. The lowest BCUT2D eigenvalue weighted by molar-refractivity contribution is -0.0486. The molecule has 1 saturated heterocycles. The van der Waals surface area contributed by atoms with Crippen LogP contribution in [0.25, 0.3) is 0 Å². The topological polar surface area (TPSA) is 101 Å². The van der Waals surface area contributed by atoms with Crippen LogP contribution in [0.3, 0.4) is 0 Å². The Kier molecular flexibility index (Phi) is 4.24. The summed E-state index contributed by atoms with van der Waals surface area (Å²) in [5, 5.41) is 0.134. The summed E-state index contributed by atoms with van der Waals surface area (Å²) in [6.45, 7) is 4.67. The van der Waals surface area contributed by atoms with Gasteiger partial charge in [-0.1, -0.05) is 6.92 Å². The first-order valence-corrected chi connectivity index (χ1v) is 7.81. The van der Waals surface area contributed by atoms with E-state index in [0.29, 0.717) is 25.3 Å². The summed E-state index contributed by atoms with van der Waals surface area (Å²) < 4.78 is 31.9. The largest absolute Gasteiger partial charge is 0.371 e. The first-order valence-electron chi connectivity index (χ1n) is 6.37. The van der Waals surface area contributed by atoms with E-state index in [1.807, 2.05) is 13.8 Å². The molecule has 0 aromatic carbocycles. The quantitative estimate of drug-likeness (QED) is 0.792. The predicted octanol–water partition coefficient (Wildman–Crippen LogP) is -0.291. The molecule has 0 amide bonds. The zero-order valence-electron chi connectivity index (χ0n) is 11.2. The number of imidazole rings is 1. The minimum absolute atomic E-state index is 0.134. The number of morpholine rings is 1. The highest BCUT2D eigenvalue weighted by Gasteiger charge is 2.34. The van der Waals surface area contributed by atoms with E-state index in [2.05, 4.69) is 9.97 Å². The molecular formula is C11H20N4O3S. The number of rotatable bonds is 4. The van der Waals surface area contributed by atoms with Crippen LogP contribution in [0.15, 0.2) is 11.2 Å². The first-order chi connectivity index (χ1) is 8.97. The van der Waals surface area contributed by atoms with Crippen LogP contribution < -0.4 is 5.73 Å². The molecule has 1 aromatic rings. The number of nitrogens with one attached hydrogen (secondary N) is 1. The molecule has 19 heavy (non-hydrogen) atoms. The number of aryl methyl sites for hydroxylation is 1. The fourth-order valence-corrected chi connectivity index (χ4v) is 3.60. The molecule has 0 radical (unpaired) electrons. The molecule has 2 rings (SSSR count). The van der Waals surface area contributed by atoms with E-state index in [4.69, 9.17) is 10.5 Å². The minimum atomic E-state index is -3.55. The van der Waals surface area contributed by atoms with Gasteiger partial charge in [-0.05, 0) is 6.92 Å². The van der Waals surface area contributed by atoms with E-state index < -0.39 is 10.0 Å². The molecular weight excluding hydrogens is 268 g/mol. The summed E-state index contributed by atoms with van der Waals surface area (Å²) in [6.07, 6.45) is 1.62. The average molecular weight is 288 g/mol. The van der Waals surface area contributed by atoms with Crippen molar-refractivity contribution in [3.05, 3.63) is 12.0 Å². The first kappa shape index (κ1) is 14.4. The summed E-state index contributed by atoms with van der Waals surface area (Å²) in [7, 11) is -3.55. The third-order valence-corrected chi connectivity index (χ3v) is 4.85. The van der Waals surface area contributed by atoms with Gasteiger partial charge in [0.1, 0.15) is 5.82 Å². The number of aromatic amines is 1. The zero-order valence-corrected chi connectivity index (χ0v) is 12.0. The number of nitrogens with two attached hydrogens (primary N) is 1. The molecule has 0 aliphatic carbocycles. The molecule has 7 nitrogen and oxygen atoms in total. The van der Waals surface area contributed by atoms with E-state index in [1.54, 1.807) is 0 Å². The highest BCUT2D eigenvalue weighted by molar-refractivity contribution is 7.89. The average Bonchev–Trinajstić information content (AvgIpc) is 2.87. The molecule has 1 aliphatic heterocycles. The van der Waals surface area contributed by atoms with E-state index in [0.717, 1.165) is 0 Å². The number of hydrogen-bond donors (Lipinski definition) is 2. The Labute approximate surface area is 113 Å². The zero-order chi connectivity index (χ0) is 14.0. The van der Waals surface area contributed by atoms with Gasteiger partial charge in [0.05, 0.1) is 18.4 Å². The molecule has 0 spiro atoms. The molecule has 3 N–H and O–H groups in total. The highest BCUT2D eigenvalue weighted by Crippen LogP contribution is 2.19. The number of ether oxygens (including phenoxy) is 1. The standard InChI is InChI=1S/C11H20N4O3S/c1-3-10-13-5-11(14-10)19(16,17)15-6-8(2)18-9(4-12)7-15/h5,8-9H,3-4,6-7,12H2,1-2H3,(H,13,14). The van der Waals surface area contributed by atoms with Crippen LogP contribution in [0.2, 0.25) is 0 Å². The van der Waals surface area contributed by atoms with Gasteiger partial charge in [0.15, 0.2) is 5.03 Å². The molecule has 1 aromatic heterocycles. The Morgan fingerprint density at radius 2 is 2.32 bits per heavy atom. The van der Waals surface area contributed by atoms with E-state index >= 15 is 0 Å². The normalized spacial score (nSPS) is 25.6. The fraction of sp³-hybridized carbons (Fsp3) is 0.727. The van der Waals surface area contributed by atoms with Crippen molar-refractivity contribution in [2.24, 2.45) is 5.73 Å². The van der Waals surface area contributed by atoms with Gasteiger partial charge in [-0.15, -0.1) is 0 Å². The highest BCUT2D eigenvalue weighted by atomic mass is 32.2. The monoisotopic (exact) mass is 288 g/mol. The smallest absolute Gasteiger partial charge is 0.260 e. The molecule has 0 saturated carbocycles. The Hall–Kier alpha value is -0.960. The van der Waals surface area contributed by atoms with Gasteiger partial charge in [-0.3, -0.25) is 0 Å². The van der Waals surface area contributed by atoms with Crippen molar-refractivity contribution >= 4 is 10.0 Å². The fourth-order valence-electron chi connectivity index (χ4n) is 2.12. The van der Waals surface area contributed by atoms with Gasteiger partial charge in [-0.2, -0.15) is 4.31 Å². The van der Waals surface area contributed by atoms with Crippen molar-refractivity contribution in [2.75, 3.05) is 19.6 Å². The third-order valence-electron chi connectivity index (χ3n) is 3.11. The second-order valence-electron chi connectivity index (χ2n) is 4.67. The van der Waals surface area contributed by atoms with Crippen molar-refractivity contribution in [3.8, 4) is 0 Å². The van der Waals surface area contributed by atoms with Crippen LogP contribution in [-0.2, 0) is 21.2 Å². The number of hydrogen-bond acceptors (Lipinski definition) is 5. The van der Waals surface area contributed by atoms with Gasteiger partial charge in [-0.25, -0.2) is 13.4 Å². The van der Waals surface area contributed by atoms with Crippen molar-refractivity contribution in [3.63, 3.8) is 0 Å². The maximum atomic E-state index is 12.5. The number of nitrogens with zero attached hydrogens (tertiary/aromatic N) is 2. The molecule has 2 unspecified atom stereocenters. The summed E-state index contributed by atoms with van der Waals surface area (Å²) in [6, 6.07) is 0. The lowest BCUT2D eigenvalue weighted by Gasteiger charge is -2.35. The third kappa shape index (κ3) is 2.97. The van der Waals surface area contributed by atoms with Gasteiger partial charge in [0.2, 0.25) is 0 Å². The van der Waals surface area contributed by atoms with Gasteiger partial charge < -0.3 is 15.5 Å². The Bertz CT molecular complexity index is 528. The summed E-state index contributed by atoms with van der Waals surface area (Å²) in [5.74, 6) is 0.662. The molecule has 108 valence electrons. The van der Waals surface area contributed by atoms with Crippen LogP contribution in [0.1, 0.15) is 19.7 Å². The van der Waals surface area contributed by atoms with Crippen molar-refractivity contribution < 1.29 is 13.2 Å². The molecule has 1 fully saturated rings. The van der Waals surface area contributed by atoms with E-state index in [-0.39, 0.29) is 23.8 Å². The SMILES string of the molecule is CCc1ncc(S(=O)(=O)N2CC(C)OC(CN)C2)[nH]1. The van der Waals surface area contributed by atoms with Crippen LogP contribution in [0.5, 0.6) is 0 Å². The molecule has 2 heterocycles. The van der Waals surface area contributed by atoms with Crippen LogP contribution in [0, 0.1) is 0 Å². The number of H-pyrrole nitrogens is 1. The van der Waals surface area contributed by atoms with Crippen LogP contribution >= 0.6 is 0 Å². The van der Waals surface area contributed by atoms with E-state index in [9.17, 15) is 8.42 Å². The van der Waals surface area contributed by atoms with Crippen molar-refractivity contribution in [1.29, 1.82) is 0 Å². The number of sulfonamides is 1. The lowest BCUT2D eigenvalue weighted by atomic mass is 10.2. The van der Waals surface area contributed by atoms with Crippen molar-refractivity contribution in [1.82, 2.24) is 14.3 Å². The predicted molar refractivity (Wildman–Crippen MR) is 70.1 cm³/mol. The Morgan fingerprint density at radius 3 is 2.89 bits per heavy atom. The molecule has 8 heteroatoms. The maximum absolute atomic E-state index is 12.5. The Balaban J connectivity index is 2.23. The summed E-state index contributed by atoms with van der Waals surface area (Å²) in [5.41, 5.74) is 5.57. The second-order valence-corrected chi connectivity index (χ2v) is 6.58. The van der Waals surface area contributed by atoms with Crippen LogP contribution in [0.4, 0.5) is 0 Å². The second kappa shape index (κ2) is 5.58. The van der Waals surface area contributed by atoms with Gasteiger partial charge in [0.25, 0.3) is 10.0 Å². The van der Waals surface area contributed by atoms with Crippen LogP contribution in [-0.4, -0.2) is 54.5 Å². The van der Waals surface area contributed by atoms with E-state index in [1.165, 1.54) is 10.5 Å².